The van der Waals surface area contributed by atoms with Crippen LogP contribution in [-0.4, -0.2) is 36.5 Å². The quantitative estimate of drug-likeness (QED) is 0.796. The Bertz CT molecular complexity index is 394. The van der Waals surface area contributed by atoms with Crippen LogP contribution in [0.1, 0.15) is 17.3 Å². The molecular weight excluding hydrogens is 315 g/mol. The van der Waals surface area contributed by atoms with E-state index in [0.717, 1.165) is 28.8 Å². The van der Waals surface area contributed by atoms with Crippen molar-refractivity contribution in [3.05, 3.63) is 33.4 Å². The third-order valence-electron chi connectivity index (χ3n) is 2.76. The van der Waals surface area contributed by atoms with Crippen LogP contribution < -0.4 is 5.32 Å². The second-order valence-corrected chi connectivity index (χ2v) is 5.25. The zero-order valence-corrected chi connectivity index (χ0v) is 11.4. The minimum Gasteiger partial charge on any atom is -0.336 e. The van der Waals surface area contributed by atoms with Gasteiger partial charge in [0.15, 0.2) is 0 Å². The lowest BCUT2D eigenvalue weighted by atomic mass is 10.1. The highest BCUT2D eigenvalue weighted by molar-refractivity contribution is 14.1. The number of halogens is 1. The van der Waals surface area contributed by atoms with Gasteiger partial charge in [-0.1, -0.05) is 12.1 Å². The number of carbonyl (C=O) groups is 1. The highest BCUT2D eigenvalue weighted by atomic mass is 127. The number of nitrogens with zero attached hydrogens (tertiary/aromatic N) is 1. The van der Waals surface area contributed by atoms with E-state index in [1.54, 1.807) is 0 Å². The molecule has 0 aromatic heterocycles. The van der Waals surface area contributed by atoms with Crippen LogP contribution in [0, 0.1) is 3.57 Å². The maximum atomic E-state index is 12.3. The van der Waals surface area contributed by atoms with E-state index in [1.807, 2.05) is 29.2 Å². The van der Waals surface area contributed by atoms with Crippen molar-refractivity contribution in [1.29, 1.82) is 0 Å². The molecule has 0 radical (unpaired) electrons. The lowest BCUT2D eigenvalue weighted by Gasteiger charge is -2.32. The van der Waals surface area contributed by atoms with Gasteiger partial charge < -0.3 is 10.2 Å². The zero-order chi connectivity index (χ0) is 11.5. The molecule has 1 N–H and O–H groups in total. The molecule has 1 heterocycles. The maximum absolute atomic E-state index is 12.3. The summed E-state index contributed by atoms with van der Waals surface area (Å²) in [6, 6.07) is 8.13. The van der Waals surface area contributed by atoms with Gasteiger partial charge in [-0.05, 0) is 41.6 Å². The summed E-state index contributed by atoms with van der Waals surface area (Å²) >= 11 is 2.21. The van der Waals surface area contributed by atoms with Gasteiger partial charge in [0.1, 0.15) is 0 Å². The summed E-state index contributed by atoms with van der Waals surface area (Å²) in [6.45, 7) is 4.59. The molecular formula is C12H15IN2O. The van der Waals surface area contributed by atoms with Gasteiger partial charge in [-0.3, -0.25) is 4.79 Å². The van der Waals surface area contributed by atoms with Crippen molar-refractivity contribution in [3.8, 4) is 0 Å². The van der Waals surface area contributed by atoms with Crippen molar-refractivity contribution in [2.45, 2.75) is 13.0 Å². The van der Waals surface area contributed by atoms with Crippen LogP contribution in [0.25, 0.3) is 0 Å². The van der Waals surface area contributed by atoms with E-state index in [0.29, 0.717) is 6.04 Å². The Morgan fingerprint density at radius 3 is 2.94 bits per heavy atom. The Morgan fingerprint density at radius 2 is 2.25 bits per heavy atom. The van der Waals surface area contributed by atoms with Crippen LogP contribution in [0.2, 0.25) is 0 Å². The molecule has 1 aromatic carbocycles. The number of benzene rings is 1. The third-order valence-corrected chi connectivity index (χ3v) is 3.70. The highest BCUT2D eigenvalue weighted by Crippen LogP contribution is 2.15. The first-order chi connectivity index (χ1) is 7.68. The van der Waals surface area contributed by atoms with Gasteiger partial charge in [0.25, 0.3) is 5.91 Å². The Hall–Kier alpha value is -0.620. The summed E-state index contributed by atoms with van der Waals surface area (Å²) in [5.41, 5.74) is 0.817. The number of rotatable bonds is 1. The van der Waals surface area contributed by atoms with Crippen molar-refractivity contribution in [3.63, 3.8) is 0 Å². The van der Waals surface area contributed by atoms with E-state index in [-0.39, 0.29) is 5.91 Å². The topological polar surface area (TPSA) is 32.3 Å². The molecule has 1 aliphatic rings. The molecule has 0 spiro atoms. The second kappa shape index (κ2) is 5.14. The Labute approximate surface area is 109 Å². The molecule has 2 rings (SSSR count). The van der Waals surface area contributed by atoms with Gasteiger partial charge in [-0.2, -0.15) is 0 Å². The molecule has 1 saturated heterocycles. The van der Waals surface area contributed by atoms with Crippen molar-refractivity contribution >= 4 is 28.5 Å². The van der Waals surface area contributed by atoms with Gasteiger partial charge in [0.2, 0.25) is 0 Å². The van der Waals surface area contributed by atoms with Gasteiger partial charge in [-0.15, -0.1) is 0 Å². The number of carbonyl (C=O) groups excluding carboxylic acids is 1. The minimum atomic E-state index is 0.151. The average Bonchev–Trinajstić information content (AvgIpc) is 2.29. The molecule has 1 amide bonds. The summed E-state index contributed by atoms with van der Waals surface area (Å²) in [6.07, 6.45) is 0. The van der Waals surface area contributed by atoms with E-state index >= 15 is 0 Å². The fraction of sp³-hybridized carbons (Fsp3) is 0.417. The average molecular weight is 330 g/mol. The Balaban J connectivity index is 2.16. The molecule has 0 bridgehead atoms. The van der Waals surface area contributed by atoms with Crippen LogP contribution in [0.15, 0.2) is 24.3 Å². The Morgan fingerprint density at radius 1 is 1.50 bits per heavy atom. The third kappa shape index (κ3) is 2.55. The molecule has 0 saturated carbocycles. The van der Waals surface area contributed by atoms with Crippen LogP contribution in [0.4, 0.5) is 0 Å². The Kier molecular flexibility index (Phi) is 3.81. The molecule has 0 unspecified atom stereocenters. The summed E-state index contributed by atoms with van der Waals surface area (Å²) in [4.78, 5) is 14.2. The summed E-state index contributed by atoms with van der Waals surface area (Å²) in [5, 5.41) is 3.34. The van der Waals surface area contributed by atoms with Crippen molar-refractivity contribution in [2.75, 3.05) is 19.6 Å². The van der Waals surface area contributed by atoms with Gasteiger partial charge in [0.05, 0.1) is 5.56 Å². The number of amides is 1. The van der Waals surface area contributed by atoms with E-state index in [4.69, 9.17) is 0 Å². The lowest BCUT2D eigenvalue weighted by molar-refractivity contribution is 0.0708. The molecule has 16 heavy (non-hydrogen) atoms. The van der Waals surface area contributed by atoms with Gasteiger partial charge >= 0.3 is 0 Å². The molecule has 1 atom stereocenters. The monoisotopic (exact) mass is 330 g/mol. The highest BCUT2D eigenvalue weighted by Gasteiger charge is 2.22. The molecule has 1 fully saturated rings. The first kappa shape index (κ1) is 11.9. The van der Waals surface area contributed by atoms with Crippen LogP contribution >= 0.6 is 22.6 Å². The van der Waals surface area contributed by atoms with Crippen molar-refractivity contribution in [1.82, 2.24) is 10.2 Å². The number of hydrogen-bond donors (Lipinski definition) is 1. The molecule has 1 aromatic rings. The summed E-state index contributed by atoms with van der Waals surface area (Å²) in [7, 11) is 0. The van der Waals surface area contributed by atoms with E-state index in [1.165, 1.54) is 0 Å². The zero-order valence-electron chi connectivity index (χ0n) is 9.24. The van der Waals surface area contributed by atoms with Crippen LogP contribution in [0.5, 0.6) is 0 Å². The van der Waals surface area contributed by atoms with E-state index in [2.05, 4.69) is 34.8 Å². The number of hydrogen-bond acceptors (Lipinski definition) is 2. The number of piperazine rings is 1. The predicted molar refractivity (Wildman–Crippen MR) is 72.5 cm³/mol. The normalized spacial score (nSPS) is 20.9. The second-order valence-electron chi connectivity index (χ2n) is 4.09. The fourth-order valence-electron chi connectivity index (χ4n) is 1.92. The standard InChI is InChI=1S/C12H15IN2O/c1-9-8-15(7-6-14-9)12(16)10-4-2-3-5-11(10)13/h2-5,9,14H,6-8H2,1H3/t9-/m1/s1. The van der Waals surface area contributed by atoms with Gasteiger partial charge in [-0.25, -0.2) is 0 Å². The SMILES string of the molecule is C[C@@H]1CN(C(=O)c2ccccc2I)CCN1. The smallest absolute Gasteiger partial charge is 0.255 e. The first-order valence-electron chi connectivity index (χ1n) is 5.45. The van der Waals surface area contributed by atoms with Gasteiger partial charge in [0, 0.05) is 29.2 Å². The predicted octanol–water partition coefficient (Wildman–Crippen LogP) is 1.73. The fourth-order valence-corrected chi connectivity index (χ4v) is 2.54. The van der Waals surface area contributed by atoms with E-state index in [9.17, 15) is 4.79 Å². The van der Waals surface area contributed by atoms with Crippen LogP contribution in [-0.2, 0) is 0 Å². The largest absolute Gasteiger partial charge is 0.336 e. The van der Waals surface area contributed by atoms with Crippen molar-refractivity contribution in [2.24, 2.45) is 0 Å². The lowest BCUT2D eigenvalue weighted by Crippen LogP contribution is -2.51. The van der Waals surface area contributed by atoms with Crippen molar-refractivity contribution < 1.29 is 4.79 Å². The molecule has 1 aliphatic heterocycles. The maximum Gasteiger partial charge on any atom is 0.255 e. The summed E-state index contributed by atoms with van der Waals surface area (Å²) in [5.74, 6) is 0.151. The summed E-state index contributed by atoms with van der Waals surface area (Å²) < 4.78 is 1.02. The van der Waals surface area contributed by atoms with Crippen LogP contribution in [0.3, 0.4) is 0 Å². The molecule has 86 valence electrons. The molecule has 4 heteroatoms. The minimum absolute atomic E-state index is 0.151. The molecule has 0 aliphatic carbocycles. The number of nitrogens with one attached hydrogen (secondary N) is 1. The molecule has 3 nitrogen and oxygen atoms in total. The van der Waals surface area contributed by atoms with E-state index < -0.39 is 0 Å². The first-order valence-corrected chi connectivity index (χ1v) is 6.53.